The van der Waals surface area contributed by atoms with Crippen LogP contribution in [-0.4, -0.2) is 22.8 Å². The van der Waals surface area contributed by atoms with Gasteiger partial charge in [-0.1, -0.05) is 182 Å². The summed E-state index contributed by atoms with van der Waals surface area (Å²) in [5.41, 5.74) is 7.94. The zero-order valence-electron chi connectivity index (χ0n) is 40.0. The molecule has 0 spiro atoms. The second-order valence-corrected chi connectivity index (χ2v) is 19.5. The van der Waals surface area contributed by atoms with Crippen LogP contribution in [0.4, 0.5) is 13.2 Å². The molecule has 8 heteroatoms. The van der Waals surface area contributed by atoms with Crippen molar-refractivity contribution in [2.24, 2.45) is 0 Å². The van der Waals surface area contributed by atoms with E-state index in [1.54, 1.807) is 0 Å². The highest BCUT2D eigenvalue weighted by Crippen LogP contribution is 2.55. The maximum atomic E-state index is 18.5. The minimum atomic E-state index is -5.00. The minimum absolute atomic E-state index is 0.00430. The maximum Gasteiger partial charge on any atom is 0.420 e. The Morgan fingerprint density at radius 3 is 0.480 bits per heavy atom. The summed E-state index contributed by atoms with van der Waals surface area (Å²) >= 11 is 0. The average Bonchev–Trinajstić information content (AvgIpc) is 4.39. The minimum Gasteiger partial charge on any atom is -0.306 e. The molecule has 5 heterocycles. The zero-order chi connectivity index (χ0) is 49.7. The Morgan fingerprint density at radius 2 is 0.320 bits per heavy atom. The van der Waals surface area contributed by atoms with Crippen LogP contribution in [0, 0.1) is 0 Å². The lowest BCUT2D eigenvalue weighted by Gasteiger charge is -2.32. The first-order valence-corrected chi connectivity index (χ1v) is 25.2. The van der Waals surface area contributed by atoms with Crippen molar-refractivity contribution in [3.8, 4) is 28.4 Å². The fourth-order valence-electron chi connectivity index (χ4n) is 12.8. The fraction of sp³-hybridized carbons (Fsp3) is 0.0149. The Hall–Kier alpha value is -9.79. The van der Waals surface area contributed by atoms with Gasteiger partial charge in [-0.05, 0) is 60.7 Å². The van der Waals surface area contributed by atoms with Crippen molar-refractivity contribution in [2.45, 2.75) is 6.18 Å². The van der Waals surface area contributed by atoms with Crippen molar-refractivity contribution in [1.82, 2.24) is 22.8 Å². The first-order valence-electron chi connectivity index (χ1n) is 25.2. The summed E-state index contributed by atoms with van der Waals surface area (Å²) in [7, 11) is 0. The van der Waals surface area contributed by atoms with Crippen LogP contribution in [0.5, 0.6) is 0 Å². The molecule has 0 aliphatic carbocycles. The number of halogens is 3. The number of benzene rings is 11. The first-order chi connectivity index (χ1) is 37.0. The molecule has 5 aromatic heterocycles. The van der Waals surface area contributed by atoms with E-state index in [4.69, 9.17) is 0 Å². The average molecular weight is 972 g/mol. The highest BCUT2D eigenvalue weighted by molar-refractivity contribution is 6.17. The van der Waals surface area contributed by atoms with E-state index < -0.39 is 11.7 Å². The largest absolute Gasteiger partial charge is 0.420 e. The van der Waals surface area contributed by atoms with Gasteiger partial charge in [-0.2, -0.15) is 13.2 Å². The molecule has 0 radical (unpaired) electrons. The number of aromatic nitrogens is 5. The van der Waals surface area contributed by atoms with Crippen LogP contribution in [-0.2, 0) is 6.18 Å². The van der Waals surface area contributed by atoms with Crippen LogP contribution < -0.4 is 0 Å². The van der Waals surface area contributed by atoms with Crippen molar-refractivity contribution in [2.75, 3.05) is 0 Å². The molecule has 0 saturated heterocycles. The van der Waals surface area contributed by atoms with Gasteiger partial charge in [0.05, 0.1) is 83.6 Å². The molecule has 0 atom stereocenters. The van der Waals surface area contributed by atoms with Crippen LogP contribution in [0.1, 0.15) is 5.56 Å². The number of alkyl halides is 3. The van der Waals surface area contributed by atoms with Gasteiger partial charge in [0.2, 0.25) is 0 Å². The summed E-state index contributed by atoms with van der Waals surface area (Å²) < 4.78 is 65.9. The Labute approximate surface area is 425 Å². The van der Waals surface area contributed by atoms with E-state index >= 15 is 13.2 Å². The molecule has 75 heavy (non-hydrogen) atoms. The molecular formula is C67H40F3N5. The summed E-state index contributed by atoms with van der Waals surface area (Å²) in [5, 5.41) is 9.03. The molecule has 0 fully saturated rings. The van der Waals surface area contributed by atoms with Crippen LogP contribution >= 0.6 is 0 Å². The van der Waals surface area contributed by atoms with Crippen molar-refractivity contribution >= 4 is 109 Å². The monoisotopic (exact) mass is 971 g/mol. The summed E-state index contributed by atoms with van der Waals surface area (Å²) in [4.78, 5) is 0. The molecule has 11 aromatic carbocycles. The van der Waals surface area contributed by atoms with E-state index in [9.17, 15) is 0 Å². The summed E-state index contributed by atoms with van der Waals surface area (Å²) in [6.07, 6.45) is -5.00. The molecule has 0 amide bonds. The van der Waals surface area contributed by atoms with Crippen molar-refractivity contribution in [1.29, 1.82) is 0 Å². The Kier molecular flexibility index (Phi) is 8.56. The molecule has 0 aliphatic rings. The zero-order valence-corrected chi connectivity index (χ0v) is 40.0. The van der Waals surface area contributed by atoms with Crippen LogP contribution in [0.2, 0.25) is 0 Å². The lowest BCUT2D eigenvalue weighted by atomic mass is 9.99. The predicted molar refractivity (Wildman–Crippen MR) is 303 cm³/mol. The van der Waals surface area contributed by atoms with Gasteiger partial charge < -0.3 is 22.8 Å². The third-order valence-corrected chi connectivity index (χ3v) is 15.7. The van der Waals surface area contributed by atoms with Crippen molar-refractivity contribution in [3.63, 3.8) is 0 Å². The van der Waals surface area contributed by atoms with E-state index in [1.165, 1.54) is 0 Å². The lowest BCUT2D eigenvalue weighted by Crippen LogP contribution is -2.23. The normalized spacial score (nSPS) is 12.5. The molecule has 5 nitrogen and oxygen atoms in total. The molecule has 354 valence electrons. The van der Waals surface area contributed by atoms with Gasteiger partial charge in [0.1, 0.15) is 5.56 Å². The molecule has 0 N–H and O–H groups in total. The Bertz CT molecular complexity index is 4560. The Balaban J connectivity index is 1.33. The number of fused-ring (bicyclic) bond motifs is 15. The number of hydrogen-bond acceptors (Lipinski definition) is 0. The summed E-state index contributed by atoms with van der Waals surface area (Å²) in [6, 6.07) is 80.7. The van der Waals surface area contributed by atoms with Crippen LogP contribution in [0.25, 0.3) is 137 Å². The van der Waals surface area contributed by atoms with Crippen LogP contribution in [0.15, 0.2) is 243 Å². The molecule has 0 bridgehead atoms. The predicted octanol–water partition coefficient (Wildman–Crippen LogP) is 18.2. The number of nitrogens with zero attached hydrogens (tertiary/aromatic N) is 5. The number of rotatable bonds is 5. The number of para-hydroxylation sites is 10. The molecule has 16 aromatic rings. The van der Waals surface area contributed by atoms with Crippen LogP contribution in [0.3, 0.4) is 0 Å². The van der Waals surface area contributed by atoms with Gasteiger partial charge in [0, 0.05) is 53.9 Å². The number of hydrogen-bond donors (Lipinski definition) is 0. The molecule has 0 saturated carbocycles. The second-order valence-electron chi connectivity index (χ2n) is 19.5. The summed E-state index contributed by atoms with van der Waals surface area (Å²) in [6.45, 7) is 0. The lowest BCUT2D eigenvalue weighted by molar-refractivity contribution is -0.137. The van der Waals surface area contributed by atoms with Gasteiger partial charge in [-0.25, -0.2) is 0 Å². The van der Waals surface area contributed by atoms with E-state index in [-0.39, 0.29) is 11.4 Å². The fourth-order valence-corrected chi connectivity index (χ4v) is 12.8. The maximum absolute atomic E-state index is 18.5. The highest BCUT2D eigenvalue weighted by Gasteiger charge is 2.45. The second kappa shape index (κ2) is 15.4. The first kappa shape index (κ1) is 41.8. The highest BCUT2D eigenvalue weighted by atomic mass is 19.4. The van der Waals surface area contributed by atoms with E-state index in [0.29, 0.717) is 39.1 Å². The standard InChI is InChI=1S/C67H40F3N5/c68-67(69,70)61-62(71-51-31-11-1-21-41(51)42-22-2-12-32-52(42)71)64(73-55-35-15-5-25-45(55)46-26-6-16-36-56(46)73)66(75-59-39-19-9-29-49(59)50-30-10-20-40-60(50)75)65(74-57-37-17-7-27-47(57)48-28-8-18-38-58(48)74)63(61)72-53-33-13-3-23-43(53)44-24-4-14-34-54(44)72/h1-40H. The molecule has 0 unspecified atom stereocenters. The third kappa shape index (κ3) is 5.62. The molecule has 0 aliphatic heterocycles. The van der Waals surface area contributed by atoms with E-state index in [1.807, 2.05) is 179 Å². The van der Waals surface area contributed by atoms with Crippen molar-refractivity contribution in [3.05, 3.63) is 248 Å². The van der Waals surface area contributed by atoms with Gasteiger partial charge in [-0.3, -0.25) is 0 Å². The molecular weight excluding hydrogens is 932 g/mol. The molecule has 16 rings (SSSR count). The quantitative estimate of drug-likeness (QED) is 0.164. The third-order valence-electron chi connectivity index (χ3n) is 15.7. The van der Waals surface area contributed by atoms with Gasteiger partial charge >= 0.3 is 6.18 Å². The van der Waals surface area contributed by atoms with E-state index in [2.05, 4.69) is 86.5 Å². The smallest absolute Gasteiger partial charge is 0.306 e. The summed E-state index contributed by atoms with van der Waals surface area (Å²) in [5.74, 6) is 0. The van der Waals surface area contributed by atoms with Gasteiger partial charge in [0.25, 0.3) is 0 Å². The van der Waals surface area contributed by atoms with Gasteiger partial charge in [0.15, 0.2) is 0 Å². The topological polar surface area (TPSA) is 24.6 Å². The van der Waals surface area contributed by atoms with Crippen molar-refractivity contribution < 1.29 is 13.2 Å². The SMILES string of the molecule is FC(F)(F)c1c(-n2c3ccccc3c3ccccc32)c(-n2c3ccccc3c3ccccc32)c(-n2c3ccccc3c3ccccc32)c(-n2c3ccccc3c3ccccc32)c1-n1c2ccccc2c2ccccc21. The van der Waals surface area contributed by atoms with Gasteiger partial charge in [-0.15, -0.1) is 0 Å². The Morgan fingerprint density at radius 1 is 0.187 bits per heavy atom. The van der Waals surface area contributed by atoms with E-state index in [0.717, 1.165) is 87.0 Å².